The maximum Gasteiger partial charge on any atom is 0.416 e. The van der Waals surface area contributed by atoms with Crippen molar-refractivity contribution in [3.05, 3.63) is 59.7 Å². The van der Waals surface area contributed by atoms with Crippen molar-refractivity contribution in [1.29, 1.82) is 0 Å². The number of hydrogen-bond donors (Lipinski definition) is 2. The largest absolute Gasteiger partial charge is 0.491 e. The molecule has 2 N–H and O–H groups in total. The molecular formula is C21H19F5N2O4. The Hall–Kier alpha value is -3.21. The van der Waals surface area contributed by atoms with Crippen molar-refractivity contribution in [1.82, 2.24) is 5.32 Å². The number of aliphatic hydroxyl groups is 1. The van der Waals surface area contributed by atoms with Crippen molar-refractivity contribution in [3.8, 4) is 5.75 Å². The summed E-state index contributed by atoms with van der Waals surface area (Å²) in [6.07, 6.45) is -5.93. The molecule has 172 valence electrons. The van der Waals surface area contributed by atoms with Crippen LogP contribution < -0.4 is 15.0 Å². The number of carbonyl (C=O) groups excluding carboxylic acids is 2. The maximum absolute atomic E-state index is 13.4. The minimum Gasteiger partial charge on any atom is -0.491 e. The molecule has 6 nitrogen and oxygen atoms in total. The van der Waals surface area contributed by atoms with E-state index in [0.29, 0.717) is 6.07 Å². The van der Waals surface area contributed by atoms with E-state index >= 15 is 0 Å². The van der Waals surface area contributed by atoms with Gasteiger partial charge in [0.15, 0.2) is 0 Å². The van der Waals surface area contributed by atoms with Crippen molar-refractivity contribution in [2.24, 2.45) is 5.92 Å². The van der Waals surface area contributed by atoms with Crippen molar-refractivity contribution in [2.75, 3.05) is 24.6 Å². The number of carbonyl (C=O) groups is 2. The highest BCUT2D eigenvalue weighted by molar-refractivity contribution is 6.00. The van der Waals surface area contributed by atoms with Crippen LogP contribution in [0.1, 0.15) is 12.0 Å². The lowest BCUT2D eigenvalue weighted by atomic mass is 10.1. The smallest absolute Gasteiger partial charge is 0.416 e. The van der Waals surface area contributed by atoms with E-state index in [1.54, 1.807) is 0 Å². The fourth-order valence-electron chi connectivity index (χ4n) is 3.20. The second kappa shape index (κ2) is 9.51. The van der Waals surface area contributed by atoms with E-state index in [0.717, 1.165) is 29.2 Å². The molecule has 2 atom stereocenters. The Labute approximate surface area is 179 Å². The number of amides is 2. The second-order valence-corrected chi connectivity index (χ2v) is 7.27. The molecule has 1 heterocycles. The Morgan fingerprint density at radius 1 is 1.19 bits per heavy atom. The summed E-state index contributed by atoms with van der Waals surface area (Å²) in [5.74, 6) is -3.65. The van der Waals surface area contributed by atoms with Gasteiger partial charge in [-0.3, -0.25) is 9.59 Å². The van der Waals surface area contributed by atoms with Crippen LogP contribution in [0.5, 0.6) is 5.75 Å². The molecule has 3 rings (SSSR count). The van der Waals surface area contributed by atoms with Crippen LogP contribution in [0.25, 0.3) is 0 Å². The fourth-order valence-corrected chi connectivity index (χ4v) is 3.20. The van der Waals surface area contributed by atoms with Crippen LogP contribution in [0.3, 0.4) is 0 Å². The average molecular weight is 458 g/mol. The molecule has 2 aromatic carbocycles. The van der Waals surface area contributed by atoms with Gasteiger partial charge in [0.2, 0.25) is 11.8 Å². The third kappa shape index (κ3) is 5.94. The van der Waals surface area contributed by atoms with Gasteiger partial charge < -0.3 is 20.1 Å². The monoisotopic (exact) mass is 458 g/mol. The standard InChI is InChI=1S/C21H19F5N2O4/c22-14-6-15(23)8-16(7-14)28-10-12(4-19(28)30)20(31)27-9-17(29)11-32-18-3-1-2-13(5-18)21(24,25)26/h1-3,5-8,12,17,29H,4,9-11H2,(H,27,31). The molecule has 1 aliphatic rings. The van der Waals surface area contributed by atoms with E-state index in [1.165, 1.54) is 12.1 Å². The molecule has 1 fully saturated rings. The zero-order valence-electron chi connectivity index (χ0n) is 16.5. The second-order valence-electron chi connectivity index (χ2n) is 7.27. The van der Waals surface area contributed by atoms with Crippen molar-refractivity contribution < 1.29 is 41.4 Å². The highest BCUT2D eigenvalue weighted by Crippen LogP contribution is 2.31. The quantitative estimate of drug-likeness (QED) is 0.626. The van der Waals surface area contributed by atoms with Crippen LogP contribution in [-0.4, -0.2) is 42.7 Å². The van der Waals surface area contributed by atoms with Crippen molar-refractivity contribution in [2.45, 2.75) is 18.7 Å². The van der Waals surface area contributed by atoms with E-state index in [2.05, 4.69) is 5.32 Å². The molecule has 0 aromatic heterocycles. The number of hydrogen-bond acceptors (Lipinski definition) is 4. The maximum atomic E-state index is 13.4. The summed E-state index contributed by atoms with van der Waals surface area (Å²) in [6, 6.07) is 6.77. The van der Waals surface area contributed by atoms with Crippen LogP contribution >= 0.6 is 0 Å². The summed E-state index contributed by atoms with van der Waals surface area (Å²) in [4.78, 5) is 25.6. The number of alkyl halides is 3. The zero-order valence-corrected chi connectivity index (χ0v) is 16.5. The minimum atomic E-state index is -4.53. The molecule has 0 bridgehead atoms. The van der Waals surface area contributed by atoms with Gasteiger partial charge in [-0.2, -0.15) is 13.2 Å². The summed E-state index contributed by atoms with van der Waals surface area (Å²) >= 11 is 0. The van der Waals surface area contributed by atoms with E-state index in [9.17, 15) is 36.6 Å². The zero-order chi connectivity index (χ0) is 23.5. The van der Waals surface area contributed by atoms with Crippen LogP contribution in [0.15, 0.2) is 42.5 Å². The Bertz CT molecular complexity index is 978. The lowest BCUT2D eigenvalue weighted by Gasteiger charge is -2.18. The number of benzene rings is 2. The summed E-state index contributed by atoms with van der Waals surface area (Å²) in [7, 11) is 0. The average Bonchev–Trinajstić information content (AvgIpc) is 3.11. The number of rotatable bonds is 7. The van der Waals surface area contributed by atoms with E-state index in [4.69, 9.17) is 4.74 Å². The summed E-state index contributed by atoms with van der Waals surface area (Å²) in [5, 5.41) is 12.4. The van der Waals surface area contributed by atoms with Gasteiger partial charge in [0.05, 0.1) is 11.5 Å². The third-order valence-corrected chi connectivity index (χ3v) is 4.77. The predicted octanol–water partition coefficient (Wildman–Crippen LogP) is 2.89. The molecule has 1 saturated heterocycles. The Balaban J connectivity index is 1.49. The first-order valence-electron chi connectivity index (χ1n) is 9.55. The van der Waals surface area contributed by atoms with Crippen molar-refractivity contribution >= 4 is 17.5 Å². The summed E-state index contributed by atoms with van der Waals surface area (Å²) in [6.45, 7) is -0.735. The number of ether oxygens (including phenoxy) is 1. The highest BCUT2D eigenvalue weighted by atomic mass is 19.4. The Morgan fingerprint density at radius 3 is 2.53 bits per heavy atom. The number of anilines is 1. The van der Waals surface area contributed by atoms with Gasteiger partial charge in [-0.05, 0) is 30.3 Å². The molecule has 11 heteroatoms. The first-order chi connectivity index (χ1) is 15.0. The number of halogens is 5. The molecule has 2 unspecified atom stereocenters. The summed E-state index contributed by atoms with van der Waals surface area (Å²) in [5.41, 5.74) is -0.899. The number of nitrogens with one attached hydrogen (secondary N) is 1. The van der Waals surface area contributed by atoms with Crippen LogP contribution in [0.4, 0.5) is 27.6 Å². The van der Waals surface area contributed by atoms with Gasteiger partial charge in [0.25, 0.3) is 0 Å². The van der Waals surface area contributed by atoms with Gasteiger partial charge in [-0.15, -0.1) is 0 Å². The molecule has 2 amide bonds. The lowest BCUT2D eigenvalue weighted by Crippen LogP contribution is -2.39. The van der Waals surface area contributed by atoms with Crippen molar-refractivity contribution in [3.63, 3.8) is 0 Å². The molecule has 0 aliphatic carbocycles. The first kappa shape index (κ1) is 23.5. The van der Waals surface area contributed by atoms with Crippen LogP contribution in [0, 0.1) is 17.6 Å². The predicted molar refractivity (Wildman–Crippen MR) is 103 cm³/mol. The number of nitrogens with zero attached hydrogens (tertiary/aromatic N) is 1. The molecule has 0 saturated carbocycles. The van der Waals surface area contributed by atoms with E-state index in [-0.39, 0.29) is 37.6 Å². The number of aliphatic hydroxyl groups excluding tert-OH is 1. The van der Waals surface area contributed by atoms with E-state index in [1.807, 2.05) is 0 Å². The molecule has 1 aliphatic heterocycles. The Morgan fingerprint density at radius 2 is 1.88 bits per heavy atom. The van der Waals surface area contributed by atoms with Crippen LogP contribution in [0.2, 0.25) is 0 Å². The third-order valence-electron chi connectivity index (χ3n) is 4.77. The van der Waals surface area contributed by atoms with Gasteiger partial charge >= 0.3 is 6.18 Å². The van der Waals surface area contributed by atoms with E-state index < -0.39 is 47.2 Å². The molecule has 0 radical (unpaired) electrons. The van der Waals surface area contributed by atoms with Crippen LogP contribution in [-0.2, 0) is 15.8 Å². The van der Waals surface area contributed by atoms with Gasteiger partial charge in [0, 0.05) is 31.3 Å². The highest BCUT2D eigenvalue weighted by Gasteiger charge is 2.35. The molecule has 0 spiro atoms. The summed E-state index contributed by atoms with van der Waals surface area (Å²) < 4.78 is 70.1. The van der Waals surface area contributed by atoms with Gasteiger partial charge in [-0.1, -0.05) is 6.07 Å². The topological polar surface area (TPSA) is 78.9 Å². The normalized spacial score (nSPS) is 17.4. The fraction of sp³-hybridized carbons (Fsp3) is 0.333. The molecular weight excluding hydrogens is 439 g/mol. The first-order valence-corrected chi connectivity index (χ1v) is 9.55. The van der Waals surface area contributed by atoms with Gasteiger partial charge in [-0.25, -0.2) is 8.78 Å². The molecule has 2 aromatic rings. The SMILES string of the molecule is O=C(NCC(O)COc1cccc(C(F)(F)F)c1)C1CC(=O)N(c2cc(F)cc(F)c2)C1. The van der Waals surface area contributed by atoms with Gasteiger partial charge in [0.1, 0.15) is 30.1 Å². The molecule has 32 heavy (non-hydrogen) atoms. The minimum absolute atomic E-state index is 0.00248. The Kier molecular flexibility index (Phi) is 6.97. The lowest BCUT2D eigenvalue weighted by molar-refractivity contribution is -0.137.